The number of rotatable bonds is 1. The fourth-order valence-electron chi connectivity index (χ4n) is 1.31. The highest BCUT2D eigenvalue weighted by atomic mass is 16.5. The summed E-state index contributed by atoms with van der Waals surface area (Å²) < 4.78 is 5.53. The van der Waals surface area contributed by atoms with E-state index in [0.29, 0.717) is 5.76 Å². The molecule has 0 N–H and O–H groups in total. The normalized spacial score (nSPS) is 19.0. The maximum atomic E-state index is 11.5. The number of hydrogen-bond donors (Lipinski definition) is 0. The zero-order valence-corrected chi connectivity index (χ0v) is 8.15. The van der Waals surface area contributed by atoms with Gasteiger partial charge in [0.25, 0.3) is 0 Å². The molecular formula is C11H11NO2. The quantitative estimate of drug-likeness (QED) is 0.676. The minimum Gasteiger partial charge on any atom is -0.479 e. The van der Waals surface area contributed by atoms with Crippen molar-refractivity contribution in [1.82, 2.24) is 4.98 Å². The molecule has 1 aromatic rings. The first-order chi connectivity index (χ1) is 6.59. The zero-order chi connectivity index (χ0) is 10.2. The molecule has 1 aromatic heterocycles. The summed E-state index contributed by atoms with van der Waals surface area (Å²) in [7, 11) is 0. The van der Waals surface area contributed by atoms with Crippen molar-refractivity contribution >= 4 is 11.5 Å². The molecule has 0 atom stereocenters. The number of ether oxygens (including phenoxy) is 1. The van der Waals surface area contributed by atoms with Crippen molar-refractivity contribution in [3.8, 4) is 0 Å². The largest absolute Gasteiger partial charge is 0.479 e. The van der Waals surface area contributed by atoms with Gasteiger partial charge in [-0.25, -0.2) is 0 Å². The molecule has 0 fully saturated rings. The van der Waals surface area contributed by atoms with Gasteiger partial charge in [0.2, 0.25) is 5.78 Å². The van der Waals surface area contributed by atoms with Crippen molar-refractivity contribution in [3.63, 3.8) is 0 Å². The molecule has 0 amide bonds. The smallest absolute Gasteiger partial charge is 0.202 e. The van der Waals surface area contributed by atoms with Crippen LogP contribution in [0.1, 0.15) is 19.4 Å². The number of hydrogen-bond acceptors (Lipinski definition) is 3. The monoisotopic (exact) mass is 189 g/mol. The molecule has 72 valence electrons. The van der Waals surface area contributed by atoms with Gasteiger partial charge in [0.05, 0.1) is 0 Å². The number of ketones is 1. The summed E-state index contributed by atoms with van der Waals surface area (Å²) in [5.74, 6) is 0.631. The van der Waals surface area contributed by atoms with E-state index in [-0.39, 0.29) is 5.78 Å². The van der Waals surface area contributed by atoms with Crippen LogP contribution in [0.25, 0.3) is 5.76 Å². The first-order valence-corrected chi connectivity index (χ1v) is 4.45. The lowest BCUT2D eigenvalue weighted by molar-refractivity contribution is -0.125. The number of pyridine rings is 1. The molecule has 3 heteroatoms. The van der Waals surface area contributed by atoms with E-state index < -0.39 is 5.60 Å². The second-order valence-electron chi connectivity index (χ2n) is 3.72. The second kappa shape index (κ2) is 2.94. The van der Waals surface area contributed by atoms with E-state index in [1.54, 1.807) is 26.2 Å². The Kier molecular flexibility index (Phi) is 1.88. The van der Waals surface area contributed by atoms with E-state index in [1.165, 1.54) is 6.08 Å². The molecule has 0 aliphatic carbocycles. The van der Waals surface area contributed by atoms with Crippen LogP contribution < -0.4 is 0 Å². The van der Waals surface area contributed by atoms with Gasteiger partial charge < -0.3 is 4.74 Å². The molecule has 0 aromatic carbocycles. The summed E-state index contributed by atoms with van der Waals surface area (Å²) in [6.45, 7) is 3.53. The van der Waals surface area contributed by atoms with Gasteiger partial charge in [-0.1, -0.05) is 0 Å². The molecule has 14 heavy (non-hydrogen) atoms. The van der Waals surface area contributed by atoms with Gasteiger partial charge in [-0.05, 0) is 26.0 Å². The molecular weight excluding hydrogens is 178 g/mol. The van der Waals surface area contributed by atoms with Crippen molar-refractivity contribution in [1.29, 1.82) is 0 Å². The molecule has 1 aliphatic heterocycles. The van der Waals surface area contributed by atoms with Crippen LogP contribution >= 0.6 is 0 Å². The molecule has 2 rings (SSSR count). The fraction of sp³-hybridized carbons (Fsp3) is 0.273. The molecule has 0 spiro atoms. The highest BCUT2D eigenvalue weighted by molar-refractivity contribution is 6.04. The average molecular weight is 189 g/mol. The van der Waals surface area contributed by atoms with Gasteiger partial charge in [-0.15, -0.1) is 0 Å². The molecule has 2 heterocycles. The third-order valence-corrected chi connectivity index (χ3v) is 2.19. The van der Waals surface area contributed by atoms with Gasteiger partial charge in [0.15, 0.2) is 5.60 Å². The van der Waals surface area contributed by atoms with Crippen LogP contribution in [0, 0.1) is 0 Å². The van der Waals surface area contributed by atoms with Crippen molar-refractivity contribution in [2.24, 2.45) is 0 Å². The Balaban J connectivity index is 2.33. The standard InChI is InChI=1S/C11H11NO2/c1-11(2)10(13)7-9(14-11)8-3-5-12-6-4-8/h3-7H,1-2H3. The maximum absolute atomic E-state index is 11.5. The van der Waals surface area contributed by atoms with Crippen molar-refractivity contribution in [2.75, 3.05) is 0 Å². The predicted octanol–water partition coefficient (Wildman–Crippen LogP) is 1.80. The van der Waals surface area contributed by atoms with E-state index in [1.807, 2.05) is 12.1 Å². The fourth-order valence-corrected chi connectivity index (χ4v) is 1.31. The summed E-state index contributed by atoms with van der Waals surface area (Å²) >= 11 is 0. The van der Waals surface area contributed by atoms with Gasteiger partial charge in [0.1, 0.15) is 5.76 Å². The summed E-state index contributed by atoms with van der Waals surface area (Å²) in [4.78, 5) is 15.4. The Bertz CT molecular complexity index is 393. The number of nitrogens with zero attached hydrogens (tertiary/aromatic N) is 1. The minimum absolute atomic E-state index is 0.00399. The zero-order valence-electron chi connectivity index (χ0n) is 8.15. The summed E-state index contributed by atoms with van der Waals surface area (Å²) in [6.07, 6.45) is 4.89. The molecule has 1 aliphatic rings. The summed E-state index contributed by atoms with van der Waals surface area (Å²) in [5.41, 5.74) is 0.164. The van der Waals surface area contributed by atoms with E-state index >= 15 is 0 Å². The third-order valence-electron chi connectivity index (χ3n) is 2.19. The molecule has 3 nitrogen and oxygen atoms in total. The maximum Gasteiger partial charge on any atom is 0.202 e. The van der Waals surface area contributed by atoms with E-state index in [4.69, 9.17) is 4.74 Å². The predicted molar refractivity (Wildman–Crippen MR) is 52.4 cm³/mol. The molecule has 0 unspecified atom stereocenters. The summed E-state index contributed by atoms with van der Waals surface area (Å²) in [6, 6.07) is 3.64. The van der Waals surface area contributed by atoms with Crippen LogP contribution in [0.4, 0.5) is 0 Å². The Hall–Kier alpha value is -1.64. The Morgan fingerprint density at radius 2 is 1.93 bits per heavy atom. The lowest BCUT2D eigenvalue weighted by atomic mass is 10.1. The second-order valence-corrected chi connectivity index (χ2v) is 3.72. The molecule has 0 saturated carbocycles. The van der Waals surface area contributed by atoms with E-state index in [0.717, 1.165) is 5.56 Å². The summed E-state index contributed by atoms with van der Waals surface area (Å²) in [5, 5.41) is 0. The number of carbonyl (C=O) groups excluding carboxylic acids is 1. The van der Waals surface area contributed by atoms with Gasteiger partial charge in [-0.3, -0.25) is 9.78 Å². The SMILES string of the molecule is CC1(C)OC(c2ccncc2)=CC1=O. The number of aromatic nitrogens is 1. The third kappa shape index (κ3) is 1.41. The minimum atomic E-state index is -0.724. The topological polar surface area (TPSA) is 39.2 Å². The van der Waals surface area contributed by atoms with E-state index in [2.05, 4.69) is 4.98 Å². The van der Waals surface area contributed by atoms with E-state index in [9.17, 15) is 4.79 Å². The molecule has 0 bridgehead atoms. The van der Waals surface area contributed by atoms with Crippen LogP contribution in [0.3, 0.4) is 0 Å². The lowest BCUT2D eigenvalue weighted by Gasteiger charge is -2.17. The van der Waals surface area contributed by atoms with Gasteiger partial charge in [-0.2, -0.15) is 0 Å². The van der Waals surface area contributed by atoms with Gasteiger partial charge >= 0.3 is 0 Å². The van der Waals surface area contributed by atoms with Crippen LogP contribution in [-0.4, -0.2) is 16.4 Å². The van der Waals surface area contributed by atoms with Crippen LogP contribution in [0.5, 0.6) is 0 Å². The first kappa shape index (κ1) is 8.94. The van der Waals surface area contributed by atoms with Crippen molar-refractivity contribution in [3.05, 3.63) is 36.2 Å². The Morgan fingerprint density at radius 1 is 1.29 bits per heavy atom. The van der Waals surface area contributed by atoms with Gasteiger partial charge in [0, 0.05) is 24.0 Å². The van der Waals surface area contributed by atoms with Crippen molar-refractivity contribution in [2.45, 2.75) is 19.4 Å². The van der Waals surface area contributed by atoms with Crippen LogP contribution in [-0.2, 0) is 9.53 Å². The number of carbonyl (C=O) groups is 1. The Morgan fingerprint density at radius 3 is 2.43 bits per heavy atom. The van der Waals surface area contributed by atoms with Crippen molar-refractivity contribution < 1.29 is 9.53 Å². The first-order valence-electron chi connectivity index (χ1n) is 4.45. The molecule has 0 radical (unpaired) electrons. The van der Waals surface area contributed by atoms with Crippen LogP contribution in [0.15, 0.2) is 30.6 Å². The highest BCUT2D eigenvalue weighted by Gasteiger charge is 2.35. The Labute approximate surface area is 82.4 Å². The van der Waals surface area contributed by atoms with Crippen LogP contribution in [0.2, 0.25) is 0 Å². The average Bonchev–Trinajstić information content (AvgIpc) is 2.43. The molecule has 0 saturated heterocycles. The highest BCUT2D eigenvalue weighted by Crippen LogP contribution is 2.30. The lowest BCUT2D eigenvalue weighted by Crippen LogP contribution is -2.27.